The van der Waals surface area contributed by atoms with Gasteiger partial charge in [0.05, 0.1) is 25.1 Å². The Bertz CT molecular complexity index is 1210. The van der Waals surface area contributed by atoms with Crippen LogP contribution in [0, 0.1) is 0 Å². The highest BCUT2D eigenvalue weighted by molar-refractivity contribution is 7.18. The minimum absolute atomic E-state index is 0.00173. The first-order valence-corrected chi connectivity index (χ1v) is 13.1. The van der Waals surface area contributed by atoms with E-state index in [1.807, 2.05) is 25.1 Å². The van der Waals surface area contributed by atoms with E-state index in [1.165, 1.54) is 10.4 Å². The average molecular weight is 481 g/mol. The first kappa shape index (κ1) is 23.2. The molecule has 34 heavy (non-hydrogen) atoms. The molecule has 0 unspecified atom stereocenters. The van der Waals surface area contributed by atoms with Gasteiger partial charge in [-0.3, -0.25) is 19.1 Å². The second kappa shape index (κ2) is 10.4. The van der Waals surface area contributed by atoms with Crippen molar-refractivity contribution >= 4 is 27.5 Å². The van der Waals surface area contributed by atoms with Gasteiger partial charge >= 0.3 is 0 Å². The Kier molecular flexibility index (Phi) is 7.08. The van der Waals surface area contributed by atoms with Crippen LogP contribution >= 0.6 is 11.3 Å². The number of rotatable bonds is 8. The van der Waals surface area contributed by atoms with Gasteiger partial charge in [0.1, 0.15) is 17.2 Å². The lowest BCUT2D eigenvalue weighted by Crippen LogP contribution is -2.41. The lowest BCUT2D eigenvalue weighted by molar-refractivity contribution is -0.122. The largest absolute Gasteiger partial charge is 0.379 e. The number of thiophene rings is 1. The van der Waals surface area contributed by atoms with E-state index in [4.69, 9.17) is 9.72 Å². The van der Waals surface area contributed by atoms with Crippen molar-refractivity contribution in [2.75, 3.05) is 26.3 Å². The Morgan fingerprint density at radius 1 is 1.21 bits per heavy atom. The van der Waals surface area contributed by atoms with Gasteiger partial charge in [0.2, 0.25) is 5.91 Å². The van der Waals surface area contributed by atoms with Crippen LogP contribution in [-0.4, -0.2) is 52.7 Å². The zero-order valence-corrected chi connectivity index (χ0v) is 20.5. The van der Waals surface area contributed by atoms with Gasteiger partial charge in [-0.05, 0) is 50.2 Å². The van der Waals surface area contributed by atoms with Crippen LogP contribution in [0.1, 0.15) is 41.6 Å². The van der Waals surface area contributed by atoms with Gasteiger partial charge in [-0.1, -0.05) is 30.3 Å². The molecule has 1 aromatic carbocycles. The summed E-state index contributed by atoms with van der Waals surface area (Å²) in [6.45, 7) is 5.54. The number of nitrogens with one attached hydrogen (secondary N) is 1. The Hall–Kier alpha value is -2.55. The van der Waals surface area contributed by atoms with Crippen molar-refractivity contribution < 1.29 is 9.53 Å². The quantitative estimate of drug-likeness (QED) is 0.537. The van der Waals surface area contributed by atoms with Crippen LogP contribution in [0.15, 0.2) is 35.1 Å². The number of benzene rings is 1. The molecule has 2 aliphatic rings. The van der Waals surface area contributed by atoms with E-state index < -0.39 is 0 Å². The van der Waals surface area contributed by atoms with Crippen molar-refractivity contribution in [1.29, 1.82) is 0 Å². The molecule has 3 heterocycles. The summed E-state index contributed by atoms with van der Waals surface area (Å²) in [5.74, 6) is 0.533. The fourth-order valence-electron chi connectivity index (χ4n) is 4.93. The van der Waals surface area contributed by atoms with Crippen LogP contribution in [0.25, 0.3) is 10.2 Å². The Balaban J connectivity index is 1.35. The van der Waals surface area contributed by atoms with Crippen molar-refractivity contribution in [2.45, 2.75) is 58.2 Å². The van der Waals surface area contributed by atoms with Gasteiger partial charge < -0.3 is 10.1 Å². The van der Waals surface area contributed by atoms with E-state index in [2.05, 4.69) is 22.3 Å². The van der Waals surface area contributed by atoms with Crippen LogP contribution in [0.2, 0.25) is 0 Å². The lowest BCUT2D eigenvalue weighted by atomic mass is 10.1. The fourth-order valence-corrected chi connectivity index (χ4v) is 6.20. The molecule has 1 aliphatic carbocycles. The third-order valence-electron chi connectivity index (χ3n) is 6.79. The predicted octanol–water partition coefficient (Wildman–Crippen LogP) is 2.92. The molecule has 3 aromatic rings. The van der Waals surface area contributed by atoms with Gasteiger partial charge in [-0.15, -0.1) is 11.3 Å². The molecule has 0 spiro atoms. The third-order valence-corrected chi connectivity index (χ3v) is 7.98. The molecule has 1 amide bonds. The standard InChI is InChI=1S/C26H32N4O3S/c1-18(10-11-19-6-3-2-4-7-19)27-23(31)17-30-22(16-29-12-14-33-15-13-29)28-25-24(26(30)32)20-8-5-9-21(20)34-25/h2-4,6-7,18H,5,8-17H2,1H3,(H,27,31)/t18-/m1/s1. The Morgan fingerprint density at radius 2 is 2.00 bits per heavy atom. The van der Waals surface area contributed by atoms with E-state index in [0.717, 1.165) is 61.0 Å². The number of carbonyl (C=O) groups is 1. The SMILES string of the molecule is C[C@H](CCc1ccccc1)NC(=O)Cn1c(CN2CCOCC2)nc2sc3c(c2c1=O)CCC3. The van der Waals surface area contributed by atoms with Crippen molar-refractivity contribution in [3.8, 4) is 0 Å². The lowest BCUT2D eigenvalue weighted by Gasteiger charge is -2.27. The summed E-state index contributed by atoms with van der Waals surface area (Å²) in [5.41, 5.74) is 2.34. The first-order valence-electron chi connectivity index (χ1n) is 12.3. The number of ether oxygens (including phenoxy) is 1. The number of carbonyl (C=O) groups excluding carboxylic acids is 1. The molecule has 1 saturated heterocycles. The topological polar surface area (TPSA) is 76.5 Å². The molecule has 0 radical (unpaired) electrons. The molecule has 5 rings (SSSR count). The van der Waals surface area contributed by atoms with E-state index in [-0.39, 0.29) is 24.1 Å². The summed E-state index contributed by atoms with van der Waals surface area (Å²) in [7, 11) is 0. The van der Waals surface area contributed by atoms with Crippen LogP contribution in [0.3, 0.4) is 0 Å². The minimum atomic E-state index is -0.140. The normalized spacial score (nSPS) is 17.1. The number of nitrogens with zero attached hydrogens (tertiary/aromatic N) is 3. The number of aromatic nitrogens is 2. The molecule has 1 atom stereocenters. The summed E-state index contributed by atoms with van der Waals surface area (Å²) in [6.07, 6.45) is 4.79. The Morgan fingerprint density at radius 3 is 2.79 bits per heavy atom. The molecule has 2 aromatic heterocycles. The number of aryl methyl sites for hydroxylation is 3. The van der Waals surface area contributed by atoms with Crippen LogP contribution in [0.4, 0.5) is 0 Å². The monoisotopic (exact) mass is 480 g/mol. The molecule has 180 valence electrons. The molecule has 1 fully saturated rings. The molecule has 1 N–H and O–H groups in total. The third kappa shape index (κ3) is 5.09. The number of hydrogen-bond donors (Lipinski definition) is 1. The van der Waals surface area contributed by atoms with E-state index in [1.54, 1.807) is 15.9 Å². The van der Waals surface area contributed by atoms with E-state index in [0.29, 0.717) is 25.6 Å². The average Bonchev–Trinajstić information content (AvgIpc) is 3.43. The Labute approximate surface area is 203 Å². The highest BCUT2D eigenvalue weighted by atomic mass is 32.1. The highest BCUT2D eigenvalue weighted by Gasteiger charge is 2.25. The summed E-state index contributed by atoms with van der Waals surface area (Å²) in [6, 6.07) is 10.3. The number of amides is 1. The van der Waals surface area contributed by atoms with Crippen molar-refractivity contribution in [3.05, 3.63) is 62.5 Å². The zero-order chi connectivity index (χ0) is 23.5. The summed E-state index contributed by atoms with van der Waals surface area (Å²) < 4.78 is 7.09. The minimum Gasteiger partial charge on any atom is -0.379 e. The smallest absolute Gasteiger partial charge is 0.263 e. The molecule has 8 heteroatoms. The molecule has 7 nitrogen and oxygen atoms in total. The molecular weight excluding hydrogens is 448 g/mol. The second-order valence-electron chi connectivity index (χ2n) is 9.34. The maximum atomic E-state index is 13.7. The van der Waals surface area contributed by atoms with Gasteiger partial charge in [-0.2, -0.15) is 0 Å². The number of fused-ring (bicyclic) bond motifs is 3. The van der Waals surface area contributed by atoms with Crippen LogP contribution < -0.4 is 10.9 Å². The van der Waals surface area contributed by atoms with Gasteiger partial charge in [0.15, 0.2) is 0 Å². The van der Waals surface area contributed by atoms with Crippen molar-refractivity contribution in [3.63, 3.8) is 0 Å². The zero-order valence-electron chi connectivity index (χ0n) is 19.7. The molecule has 0 bridgehead atoms. The maximum absolute atomic E-state index is 13.7. The second-order valence-corrected chi connectivity index (χ2v) is 10.4. The van der Waals surface area contributed by atoms with Crippen molar-refractivity contribution in [2.24, 2.45) is 0 Å². The van der Waals surface area contributed by atoms with Crippen molar-refractivity contribution in [1.82, 2.24) is 19.8 Å². The van der Waals surface area contributed by atoms with Gasteiger partial charge in [0, 0.05) is 24.0 Å². The maximum Gasteiger partial charge on any atom is 0.263 e. The van der Waals surface area contributed by atoms with Crippen LogP contribution in [0.5, 0.6) is 0 Å². The fraction of sp³-hybridized carbons (Fsp3) is 0.500. The van der Waals surface area contributed by atoms with Gasteiger partial charge in [0.25, 0.3) is 5.56 Å². The van der Waals surface area contributed by atoms with E-state index in [9.17, 15) is 9.59 Å². The van der Waals surface area contributed by atoms with Gasteiger partial charge in [-0.25, -0.2) is 4.98 Å². The summed E-state index contributed by atoms with van der Waals surface area (Å²) in [5, 5.41) is 3.82. The summed E-state index contributed by atoms with van der Waals surface area (Å²) >= 11 is 1.65. The molecule has 0 saturated carbocycles. The first-order chi connectivity index (χ1) is 16.6. The number of hydrogen-bond acceptors (Lipinski definition) is 6. The summed E-state index contributed by atoms with van der Waals surface area (Å²) in [4.78, 5) is 35.9. The van der Waals surface area contributed by atoms with Crippen LogP contribution in [-0.2, 0) is 41.9 Å². The highest BCUT2D eigenvalue weighted by Crippen LogP contribution is 2.34. The number of morpholine rings is 1. The molecule has 1 aliphatic heterocycles. The predicted molar refractivity (Wildman–Crippen MR) is 134 cm³/mol. The van der Waals surface area contributed by atoms with E-state index >= 15 is 0 Å². The molecular formula is C26H32N4O3S.